The lowest BCUT2D eigenvalue weighted by molar-refractivity contribution is 0.100. The zero-order chi connectivity index (χ0) is 17.4. The molecule has 5 nitrogen and oxygen atoms in total. The molecule has 0 saturated heterocycles. The molecule has 1 saturated carbocycles. The van der Waals surface area contributed by atoms with E-state index in [1.807, 2.05) is 19.1 Å². The lowest BCUT2D eigenvalue weighted by atomic mass is 10.0. The molecule has 1 fully saturated rings. The molecule has 2 aromatic rings. The Kier molecular flexibility index (Phi) is 6.61. The second-order valence-electron chi connectivity index (χ2n) is 6.08. The zero-order valence-electron chi connectivity index (χ0n) is 14.2. The molecule has 5 heteroatoms. The number of hydrogen-bond acceptors (Lipinski definition) is 4. The monoisotopic (exact) mass is 326 g/mol. The first-order chi connectivity index (χ1) is 11.6. The van der Waals surface area contributed by atoms with E-state index in [2.05, 4.69) is 10.3 Å². The van der Waals surface area contributed by atoms with Gasteiger partial charge in [-0.3, -0.25) is 4.79 Å². The number of carbonyl (C=O) groups is 1. The molecule has 24 heavy (non-hydrogen) atoms. The van der Waals surface area contributed by atoms with E-state index < -0.39 is 5.91 Å². The maximum Gasteiger partial charge on any atom is 0.250 e. The first-order valence-corrected chi connectivity index (χ1v) is 8.46. The van der Waals surface area contributed by atoms with E-state index >= 15 is 0 Å². The molecule has 0 aliphatic heterocycles. The maximum atomic E-state index is 11.3. The number of benzene rings is 1. The van der Waals surface area contributed by atoms with Gasteiger partial charge in [0.2, 0.25) is 0 Å². The van der Waals surface area contributed by atoms with Crippen LogP contribution in [-0.2, 0) is 0 Å². The van der Waals surface area contributed by atoms with Gasteiger partial charge in [0, 0.05) is 11.4 Å². The van der Waals surface area contributed by atoms with E-state index in [-0.39, 0.29) is 0 Å². The molecule has 0 radical (unpaired) electrons. The fourth-order valence-corrected chi connectivity index (χ4v) is 2.69. The molecule has 1 aliphatic carbocycles. The Morgan fingerprint density at radius 1 is 1.04 bits per heavy atom. The Bertz CT molecular complexity index is 669. The summed E-state index contributed by atoms with van der Waals surface area (Å²) >= 11 is 0. The number of nitrogens with zero attached hydrogens (tertiary/aromatic N) is 1. The van der Waals surface area contributed by atoms with E-state index in [0.717, 1.165) is 5.69 Å². The third-order valence-corrected chi connectivity index (χ3v) is 3.96. The Labute approximate surface area is 143 Å². The van der Waals surface area contributed by atoms with Crippen LogP contribution in [0, 0.1) is 6.92 Å². The van der Waals surface area contributed by atoms with Gasteiger partial charge in [-0.25, -0.2) is 4.98 Å². The fraction of sp³-hybridized carbons (Fsp3) is 0.368. The summed E-state index contributed by atoms with van der Waals surface area (Å²) in [4.78, 5) is 15.6. The highest BCUT2D eigenvalue weighted by atomic mass is 16.1. The van der Waals surface area contributed by atoms with Crippen molar-refractivity contribution < 1.29 is 4.79 Å². The second kappa shape index (κ2) is 8.91. The number of nitrogens with one attached hydrogen (secondary N) is 1. The zero-order valence-corrected chi connectivity index (χ0v) is 14.2. The van der Waals surface area contributed by atoms with Crippen LogP contribution < -0.4 is 16.8 Å². The molecule has 0 atom stereocenters. The van der Waals surface area contributed by atoms with Gasteiger partial charge >= 0.3 is 0 Å². The number of hydrogen-bond donors (Lipinski definition) is 3. The normalized spacial score (nSPS) is 13.5. The molecule has 1 aromatic heterocycles. The molecule has 128 valence electrons. The van der Waals surface area contributed by atoms with Gasteiger partial charge in [0.25, 0.3) is 5.91 Å². The quantitative estimate of drug-likeness (QED) is 0.738. The SMILES string of the molecule is C1CCCCC1.Cc1cccc(Nc2cc(N)ccc2C(N)=O)n1. The molecule has 0 spiro atoms. The lowest BCUT2D eigenvalue weighted by Crippen LogP contribution is -2.13. The number of nitrogen functional groups attached to an aromatic ring is 1. The van der Waals surface area contributed by atoms with Crippen LogP contribution in [0.2, 0.25) is 0 Å². The number of rotatable bonds is 3. The third kappa shape index (κ3) is 5.57. The first kappa shape index (κ1) is 17.8. The number of amides is 1. The molecule has 5 N–H and O–H groups in total. The van der Waals surface area contributed by atoms with Crippen LogP contribution in [0.4, 0.5) is 17.2 Å². The van der Waals surface area contributed by atoms with Gasteiger partial charge in [0.1, 0.15) is 5.82 Å². The van der Waals surface area contributed by atoms with Gasteiger partial charge < -0.3 is 16.8 Å². The minimum atomic E-state index is -0.509. The van der Waals surface area contributed by atoms with Crippen molar-refractivity contribution >= 4 is 23.1 Å². The Morgan fingerprint density at radius 2 is 1.67 bits per heavy atom. The summed E-state index contributed by atoms with van der Waals surface area (Å²) in [5.74, 6) is 0.133. The average molecular weight is 326 g/mol. The van der Waals surface area contributed by atoms with Crippen LogP contribution in [0.25, 0.3) is 0 Å². The Morgan fingerprint density at radius 3 is 2.21 bits per heavy atom. The van der Waals surface area contributed by atoms with Crippen molar-refractivity contribution in [3.05, 3.63) is 47.7 Å². The van der Waals surface area contributed by atoms with E-state index in [0.29, 0.717) is 22.8 Å². The van der Waals surface area contributed by atoms with E-state index in [1.165, 1.54) is 38.5 Å². The Balaban J connectivity index is 0.000000292. The number of primary amides is 1. The number of pyridine rings is 1. The number of aromatic nitrogens is 1. The predicted molar refractivity (Wildman–Crippen MR) is 99.3 cm³/mol. The van der Waals surface area contributed by atoms with Gasteiger partial charge in [-0.2, -0.15) is 0 Å². The third-order valence-electron chi connectivity index (χ3n) is 3.96. The van der Waals surface area contributed by atoms with Crippen molar-refractivity contribution in [2.45, 2.75) is 45.4 Å². The van der Waals surface area contributed by atoms with E-state index in [1.54, 1.807) is 24.3 Å². The van der Waals surface area contributed by atoms with Crippen molar-refractivity contribution in [3.63, 3.8) is 0 Å². The maximum absolute atomic E-state index is 11.3. The van der Waals surface area contributed by atoms with Crippen molar-refractivity contribution in [3.8, 4) is 0 Å². The fourth-order valence-electron chi connectivity index (χ4n) is 2.69. The summed E-state index contributed by atoms with van der Waals surface area (Å²) < 4.78 is 0. The summed E-state index contributed by atoms with van der Waals surface area (Å²) in [7, 11) is 0. The summed E-state index contributed by atoms with van der Waals surface area (Å²) in [5.41, 5.74) is 13.4. The number of nitrogens with two attached hydrogens (primary N) is 2. The van der Waals surface area contributed by atoms with E-state index in [9.17, 15) is 4.79 Å². The minimum absolute atomic E-state index is 0.382. The number of aryl methyl sites for hydroxylation is 1. The average Bonchev–Trinajstić information content (AvgIpc) is 2.57. The van der Waals surface area contributed by atoms with E-state index in [4.69, 9.17) is 11.5 Å². The molecule has 0 unspecified atom stereocenters. The molecular formula is C19H26N4O. The standard InChI is InChI=1S/C13H14N4O.C6H12/c1-8-3-2-4-12(16-8)17-11-7-9(14)5-6-10(11)13(15)18;1-2-4-6-5-3-1/h2-7H,14H2,1H3,(H2,15,18)(H,16,17);1-6H2. The van der Waals surface area contributed by atoms with Gasteiger partial charge in [0.15, 0.2) is 0 Å². The Hall–Kier alpha value is -2.56. The summed E-state index contributed by atoms with van der Waals surface area (Å²) in [6.07, 6.45) is 9.00. The van der Waals surface area contributed by atoms with Gasteiger partial charge in [-0.1, -0.05) is 44.6 Å². The molecular weight excluding hydrogens is 300 g/mol. The van der Waals surface area contributed by atoms with Gasteiger partial charge in [0.05, 0.1) is 11.3 Å². The van der Waals surface area contributed by atoms with Crippen LogP contribution >= 0.6 is 0 Å². The highest BCUT2D eigenvalue weighted by Gasteiger charge is 2.09. The highest BCUT2D eigenvalue weighted by molar-refractivity contribution is 5.99. The molecule has 1 aliphatic rings. The van der Waals surface area contributed by atoms with Gasteiger partial charge in [-0.15, -0.1) is 0 Å². The minimum Gasteiger partial charge on any atom is -0.399 e. The largest absolute Gasteiger partial charge is 0.399 e. The molecule has 0 bridgehead atoms. The highest BCUT2D eigenvalue weighted by Crippen LogP contribution is 2.22. The molecule has 3 rings (SSSR count). The van der Waals surface area contributed by atoms with Crippen molar-refractivity contribution in [2.75, 3.05) is 11.1 Å². The topological polar surface area (TPSA) is 94.0 Å². The number of carbonyl (C=O) groups excluding carboxylic acids is 1. The first-order valence-electron chi connectivity index (χ1n) is 8.46. The summed E-state index contributed by atoms with van der Waals surface area (Å²) in [5, 5.41) is 3.04. The van der Waals surface area contributed by atoms with Crippen molar-refractivity contribution in [2.24, 2.45) is 5.73 Å². The van der Waals surface area contributed by atoms with Crippen LogP contribution in [0.1, 0.15) is 54.6 Å². The van der Waals surface area contributed by atoms with Crippen LogP contribution in [0.5, 0.6) is 0 Å². The van der Waals surface area contributed by atoms with Crippen molar-refractivity contribution in [1.29, 1.82) is 0 Å². The molecule has 1 aromatic carbocycles. The smallest absolute Gasteiger partial charge is 0.250 e. The summed E-state index contributed by atoms with van der Waals surface area (Å²) in [6.45, 7) is 1.89. The number of anilines is 3. The van der Waals surface area contributed by atoms with Gasteiger partial charge in [-0.05, 0) is 37.3 Å². The second-order valence-corrected chi connectivity index (χ2v) is 6.08. The lowest BCUT2D eigenvalue weighted by Gasteiger charge is -2.10. The summed E-state index contributed by atoms with van der Waals surface area (Å²) in [6, 6.07) is 10.5. The molecule has 1 amide bonds. The van der Waals surface area contributed by atoms with Crippen LogP contribution in [-0.4, -0.2) is 10.9 Å². The van der Waals surface area contributed by atoms with Crippen LogP contribution in [0.15, 0.2) is 36.4 Å². The van der Waals surface area contributed by atoms with Crippen molar-refractivity contribution in [1.82, 2.24) is 4.98 Å². The van der Waals surface area contributed by atoms with Crippen LogP contribution in [0.3, 0.4) is 0 Å². The predicted octanol–water partition coefficient (Wildman–Crippen LogP) is 4.16. The molecule has 1 heterocycles.